The molecule has 0 spiro atoms. The number of halogens is 1. The first-order valence-electron chi connectivity index (χ1n) is 7.09. The molecule has 0 amide bonds. The summed E-state index contributed by atoms with van der Waals surface area (Å²) >= 11 is 0. The van der Waals surface area contributed by atoms with Crippen LogP contribution in [-0.2, 0) is 14.1 Å². The fourth-order valence-corrected chi connectivity index (χ4v) is 3.34. The summed E-state index contributed by atoms with van der Waals surface area (Å²) in [4.78, 5) is 11.7. The first kappa shape index (κ1) is 18.7. The van der Waals surface area contributed by atoms with Crippen molar-refractivity contribution in [2.24, 2.45) is 0 Å². The summed E-state index contributed by atoms with van der Waals surface area (Å²) in [6.07, 6.45) is 0. The first-order valence-corrected chi connectivity index (χ1v) is 8.71. The Morgan fingerprint density at radius 1 is 1.41 bits per heavy atom. The van der Waals surface area contributed by atoms with Crippen LogP contribution in [0.2, 0.25) is 0 Å². The van der Waals surface area contributed by atoms with Crippen LogP contribution in [-0.4, -0.2) is 23.8 Å². The van der Waals surface area contributed by atoms with Gasteiger partial charge >= 0.3 is 13.5 Å². The van der Waals surface area contributed by atoms with Gasteiger partial charge in [0.15, 0.2) is 0 Å². The van der Waals surface area contributed by atoms with Crippen LogP contribution in [0.4, 0.5) is 4.39 Å². The highest BCUT2D eigenvalue weighted by molar-refractivity contribution is 7.59. The number of carbonyl (C=O) groups excluding carboxylic acids is 1. The van der Waals surface area contributed by atoms with E-state index in [0.29, 0.717) is 0 Å². The Hall–Kier alpha value is -1.39. The van der Waals surface area contributed by atoms with Crippen molar-refractivity contribution < 1.29 is 23.0 Å². The molecule has 7 heteroatoms. The average molecular weight is 331 g/mol. The fourth-order valence-electron chi connectivity index (χ4n) is 1.60. The van der Waals surface area contributed by atoms with Crippen molar-refractivity contribution in [3.05, 3.63) is 30.1 Å². The number of benzene rings is 1. The van der Waals surface area contributed by atoms with Crippen molar-refractivity contribution in [2.45, 2.75) is 45.8 Å². The third kappa shape index (κ3) is 4.82. The van der Waals surface area contributed by atoms with Crippen LogP contribution < -0.4 is 9.61 Å². The highest BCUT2D eigenvalue weighted by atomic mass is 31.2. The highest BCUT2D eigenvalue weighted by Gasteiger charge is 2.42. The number of nitrogens with one attached hydrogen (secondary N) is 1. The fraction of sp³-hybridized carbons (Fsp3) is 0.533. The molecule has 22 heavy (non-hydrogen) atoms. The molecule has 0 aromatic heterocycles. The predicted molar refractivity (Wildman–Crippen MR) is 83.6 cm³/mol. The average Bonchev–Trinajstić information content (AvgIpc) is 2.37. The van der Waals surface area contributed by atoms with Gasteiger partial charge in [0.1, 0.15) is 17.6 Å². The third-order valence-corrected chi connectivity index (χ3v) is 5.88. The Balaban J connectivity index is 3.01. The van der Waals surface area contributed by atoms with E-state index < -0.39 is 30.5 Å². The van der Waals surface area contributed by atoms with Gasteiger partial charge in [-0.25, -0.2) is 9.48 Å². The molecule has 0 saturated heterocycles. The second-order valence-corrected chi connectivity index (χ2v) is 8.76. The molecular formula is C15H23FNO4P. The van der Waals surface area contributed by atoms with Gasteiger partial charge in [-0.15, -0.1) is 0 Å². The van der Waals surface area contributed by atoms with Gasteiger partial charge in [0.25, 0.3) is 0 Å². The van der Waals surface area contributed by atoms with Crippen LogP contribution in [0.5, 0.6) is 5.75 Å². The molecule has 0 radical (unpaired) electrons. The Labute approximate surface area is 130 Å². The van der Waals surface area contributed by atoms with E-state index in [0.717, 1.165) is 6.07 Å². The maximum absolute atomic E-state index is 13.3. The van der Waals surface area contributed by atoms with Gasteiger partial charge in [-0.3, -0.25) is 9.36 Å². The number of carbonyl (C=O) groups is 1. The summed E-state index contributed by atoms with van der Waals surface area (Å²) < 4.78 is 36.9. The molecule has 0 aliphatic heterocycles. The topological polar surface area (TPSA) is 64.6 Å². The zero-order valence-corrected chi connectivity index (χ0v) is 14.4. The van der Waals surface area contributed by atoms with Crippen molar-refractivity contribution in [1.82, 2.24) is 5.09 Å². The molecule has 1 aromatic carbocycles. The second kappa shape index (κ2) is 7.25. The van der Waals surface area contributed by atoms with Crippen LogP contribution >= 0.6 is 7.52 Å². The number of hydrogen-bond donors (Lipinski definition) is 1. The standard InChI is InChI=1S/C15H23FNO4P/c1-6-20-14(18)11(2)17-22(19,15(3,4)5)21-13-9-7-8-12(16)10-13/h7-11H,6H2,1-5H3,(H,17,19)/t11-,22?/m0/s1. The summed E-state index contributed by atoms with van der Waals surface area (Å²) in [5.74, 6) is -0.868. The van der Waals surface area contributed by atoms with Gasteiger partial charge in [-0.1, -0.05) is 6.07 Å². The number of rotatable bonds is 6. The minimum absolute atomic E-state index is 0.141. The SMILES string of the molecule is CCOC(=O)[C@H](C)NP(=O)(Oc1cccc(F)c1)C(C)(C)C. The number of esters is 1. The zero-order valence-electron chi connectivity index (χ0n) is 13.6. The van der Waals surface area contributed by atoms with E-state index in [1.165, 1.54) is 18.2 Å². The second-order valence-electron chi connectivity index (χ2n) is 5.87. The van der Waals surface area contributed by atoms with Crippen molar-refractivity contribution in [1.29, 1.82) is 0 Å². The molecule has 0 aliphatic carbocycles. The molecule has 5 nitrogen and oxygen atoms in total. The lowest BCUT2D eigenvalue weighted by molar-refractivity contribution is -0.144. The van der Waals surface area contributed by atoms with E-state index in [-0.39, 0.29) is 12.4 Å². The molecule has 0 heterocycles. The van der Waals surface area contributed by atoms with E-state index in [1.807, 2.05) is 0 Å². The molecule has 0 fully saturated rings. The third-order valence-electron chi connectivity index (χ3n) is 2.92. The molecule has 1 N–H and O–H groups in total. The van der Waals surface area contributed by atoms with Crippen LogP contribution in [0.3, 0.4) is 0 Å². The quantitative estimate of drug-likeness (QED) is 0.635. The monoisotopic (exact) mass is 331 g/mol. The summed E-state index contributed by atoms with van der Waals surface area (Å²) in [7, 11) is -3.50. The van der Waals surface area contributed by atoms with Crippen LogP contribution in [0.1, 0.15) is 34.6 Å². The van der Waals surface area contributed by atoms with Crippen molar-refractivity contribution in [2.75, 3.05) is 6.61 Å². The van der Waals surface area contributed by atoms with Crippen molar-refractivity contribution in [3.63, 3.8) is 0 Å². The smallest absolute Gasteiger partial charge is 0.323 e. The summed E-state index contributed by atoms with van der Waals surface area (Å²) in [6, 6.07) is 4.59. The molecule has 0 aliphatic rings. The van der Waals surface area contributed by atoms with Gasteiger partial charge in [-0.05, 0) is 46.8 Å². The highest BCUT2D eigenvalue weighted by Crippen LogP contribution is 2.55. The van der Waals surface area contributed by atoms with E-state index >= 15 is 0 Å². The molecule has 1 unspecified atom stereocenters. The molecule has 0 bridgehead atoms. The Morgan fingerprint density at radius 3 is 2.55 bits per heavy atom. The predicted octanol–water partition coefficient (Wildman–Crippen LogP) is 3.74. The number of hydrogen-bond acceptors (Lipinski definition) is 4. The molecule has 1 aromatic rings. The minimum atomic E-state index is -3.50. The maximum Gasteiger partial charge on any atom is 0.323 e. The largest absolute Gasteiger partial charge is 0.465 e. The summed E-state index contributed by atoms with van der Waals surface area (Å²) in [5, 5.41) is 1.93. The zero-order chi connectivity index (χ0) is 17.0. The van der Waals surface area contributed by atoms with Crippen LogP contribution in [0.25, 0.3) is 0 Å². The normalized spacial score (nSPS) is 15.7. The molecule has 1 rings (SSSR count). The van der Waals surface area contributed by atoms with Crippen LogP contribution in [0, 0.1) is 5.82 Å². The van der Waals surface area contributed by atoms with Gasteiger partial charge < -0.3 is 9.26 Å². The molecule has 124 valence electrons. The van der Waals surface area contributed by atoms with Gasteiger partial charge in [0.05, 0.1) is 11.8 Å². The molecule has 2 atom stereocenters. The van der Waals surface area contributed by atoms with Crippen LogP contribution in [0.15, 0.2) is 24.3 Å². The Morgan fingerprint density at radius 2 is 2.05 bits per heavy atom. The maximum atomic E-state index is 13.3. The van der Waals surface area contributed by atoms with Crippen molar-refractivity contribution >= 4 is 13.5 Å². The number of ether oxygens (including phenoxy) is 1. The van der Waals surface area contributed by atoms with Gasteiger partial charge in [0.2, 0.25) is 0 Å². The molecular weight excluding hydrogens is 308 g/mol. The van der Waals surface area contributed by atoms with Gasteiger partial charge in [-0.2, -0.15) is 0 Å². The lowest BCUT2D eigenvalue weighted by Crippen LogP contribution is -2.39. The summed E-state index contributed by atoms with van der Waals surface area (Å²) in [6.45, 7) is 8.63. The van der Waals surface area contributed by atoms with E-state index in [4.69, 9.17) is 9.26 Å². The van der Waals surface area contributed by atoms with E-state index in [2.05, 4.69) is 5.09 Å². The summed E-state index contributed by atoms with van der Waals surface area (Å²) in [5.41, 5.74) is 0. The van der Waals surface area contributed by atoms with E-state index in [1.54, 1.807) is 34.6 Å². The molecule has 0 saturated carbocycles. The van der Waals surface area contributed by atoms with E-state index in [9.17, 15) is 13.8 Å². The first-order chi connectivity index (χ1) is 10.1. The Kier molecular flexibility index (Phi) is 6.15. The lowest BCUT2D eigenvalue weighted by atomic mass is 10.3. The Bertz CT molecular complexity index is 571. The van der Waals surface area contributed by atoms with Crippen molar-refractivity contribution in [3.8, 4) is 5.75 Å². The minimum Gasteiger partial charge on any atom is -0.465 e. The van der Waals surface area contributed by atoms with Gasteiger partial charge in [0, 0.05) is 6.07 Å². The lowest BCUT2D eigenvalue weighted by Gasteiger charge is -2.32.